The number of rotatable bonds is 5. The van der Waals surface area contributed by atoms with E-state index in [-0.39, 0.29) is 5.56 Å². The van der Waals surface area contributed by atoms with Gasteiger partial charge in [0.25, 0.3) is 5.56 Å². The molecule has 1 unspecified atom stereocenters. The van der Waals surface area contributed by atoms with Crippen molar-refractivity contribution in [3.8, 4) is 0 Å². The van der Waals surface area contributed by atoms with Crippen molar-refractivity contribution >= 4 is 39.8 Å². The number of nitrogens with one attached hydrogen (secondary N) is 2. The maximum atomic E-state index is 12.2. The van der Waals surface area contributed by atoms with Crippen LogP contribution in [-0.2, 0) is 18.0 Å². The predicted molar refractivity (Wildman–Crippen MR) is 98.2 cm³/mol. The van der Waals surface area contributed by atoms with Gasteiger partial charge in [-0.2, -0.15) is 0 Å². The van der Waals surface area contributed by atoms with Crippen LogP contribution in [0.2, 0.25) is 5.02 Å². The number of hydrogen-bond donors (Lipinski definition) is 2. The van der Waals surface area contributed by atoms with Gasteiger partial charge in [-0.15, -0.1) is 0 Å². The van der Waals surface area contributed by atoms with Crippen molar-refractivity contribution in [3.63, 3.8) is 0 Å². The Morgan fingerprint density at radius 3 is 2.52 bits per heavy atom. The SMILES string of the molecule is CCS(=O)Nc1cc(C)c(=O)n(C)c1Nc1ccc(C)cc1Cl. The molecule has 0 saturated heterocycles. The van der Waals surface area contributed by atoms with Gasteiger partial charge in [-0.05, 0) is 37.6 Å². The van der Waals surface area contributed by atoms with Crippen molar-refractivity contribution in [2.45, 2.75) is 20.8 Å². The minimum absolute atomic E-state index is 0.122. The molecule has 0 aliphatic rings. The largest absolute Gasteiger partial charge is 0.339 e. The molecule has 0 bridgehead atoms. The summed E-state index contributed by atoms with van der Waals surface area (Å²) < 4.78 is 16.3. The second-order valence-corrected chi connectivity index (χ2v) is 7.18. The van der Waals surface area contributed by atoms with E-state index < -0.39 is 11.0 Å². The second-order valence-electron chi connectivity index (χ2n) is 5.30. The molecule has 2 aromatic rings. The monoisotopic (exact) mass is 353 g/mol. The highest BCUT2D eigenvalue weighted by Crippen LogP contribution is 2.30. The van der Waals surface area contributed by atoms with Crippen LogP contribution in [0.4, 0.5) is 17.2 Å². The van der Waals surface area contributed by atoms with E-state index in [4.69, 9.17) is 11.6 Å². The van der Waals surface area contributed by atoms with E-state index >= 15 is 0 Å². The number of hydrogen-bond acceptors (Lipinski definition) is 3. The summed E-state index contributed by atoms with van der Waals surface area (Å²) in [6.07, 6.45) is 0. The van der Waals surface area contributed by atoms with Crippen LogP contribution in [0, 0.1) is 13.8 Å². The molecule has 5 nitrogen and oxygen atoms in total. The van der Waals surface area contributed by atoms with Crippen molar-refractivity contribution in [2.24, 2.45) is 7.05 Å². The molecular formula is C16H20ClN3O2S. The van der Waals surface area contributed by atoms with Crippen LogP contribution in [0.1, 0.15) is 18.1 Å². The lowest BCUT2D eigenvalue weighted by Gasteiger charge is -2.18. The Bertz CT molecular complexity index is 818. The first-order valence-corrected chi connectivity index (χ1v) is 8.92. The summed E-state index contributed by atoms with van der Waals surface area (Å²) in [4.78, 5) is 12.2. The fraction of sp³-hybridized carbons (Fsp3) is 0.312. The third-order valence-electron chi connectivity index (χ3n) is 3.46. The first-order valence-electron chi connectivity index (χ1n) is 7.22. The Labute approximate surface area is 143 Å². The first kappa shape index (κ1) is 17.6. The van der Waals surface area contributed by atoms with Gasteiger partial charge in [-0.1, -0.05) is 24.6 Å². The van der Waals surface area contributed by atoms with Crippen LogP contribution >= 0.6 is 11.6 Å². The number of aryl methyl sites for hydroxylation is 2. The molecule has 1 aromatic heterocycles. The Balaban J connectivity index is 2.52. The lowest BCUT2D eigenvalue weighted by molar-refractivity contribution is 0.687. The van der Waals surface area contributed by atoms with E-state index in [1.54, 1.807) is 20.0 Å². The van der Waals surface area contributed by atoms with Crippen molar-refractivity contribution in [2.75, 3.05) is 15.8 Å². The first-order chi connectivity index (χ1) is 10.8. The van der Waals surface area contributed by atoms with Gasteiger partial charge in [0, 0.05) is 18.4 Å². The molecule has 23 heavy (non-hydrogen) atoms. The van der Waals surface area contributed by atoms with Crippen LogP contribution in [0.25, 0.3) is 0 Å². The van der Waals surface area contributed by atoms with E-state index in [9.17, 15) is 9.00 Å². The molecule has 0 radical (unpaired) electrons. The number of anilines is 3. The summed E-state index contributed by atoms with van der Waals surface area (Å²) in [5, 5.41) is 3.72. The average Bonchev–Trinajstić information content (AvgIpc) is 2.50. The minimum atomic E-state index is -1.22. The highest BCUT2D eigenvalue weighted by atomic mass is 35.5. The summed E-state index contributed by atoms with van der Waals surface area (Å²) in [6, 6.07) is 7.31. The maximum Gasteiger partial charge on any atom is 0.254 e. The number of aromatic nitrogens is 1. The van der Waals surface area contributed by atoms with E-state index in [0.717, 1.165) is 5.56 Å². The third-order valence-corrected chi connectivity index (χ3v) is 4.74. The number of benzene rings is 1. The normalized spacial score (nSPS) is 12.0. The summed E-state index contributed by atoms with van der Waals surface area (Å²) in [5.74, 6) is 0.986. The number of nitrogens with zero attached hydrogens (tertiary/aromatic N) is 1. The van der Waals surface area contributed by atoms with Gasteiger partial charge in [-0.3, -0.25) is 9.36 Å². The van der Waals surface area contributed by atoms with Gasteiger partial charge >= 0.3 is 0 Å². The Morgan fingerprint density at radius 2 is 1.91 bits per heavy atom. The van der Waals surface area contributed by atoms with Crippen molar-refractivity contribution in [1.82, 2.24) is 4.57 Å². The molecule has 0 amide bonds. The van der Waals surface area contributed by atoms with Crippen LogP contribution in [-0.4, -0.2) is 14.5 Å². The van der Waals surface area contributed by atoms with Gasteiger partial charge in [0.1, 0.15) is 16.8 Å². The van der Waals surface area contributed by atoms with E-state index in [2.05, 4.69) is 10.0 Å². The number of halogens is 1. The smallest absolute Gasteiger partial charge is 0.254 e. The number of pyridine rings is 1. The molecular weight excluding hydrogens is 334 g/mol. The zero-order valence-corrected chi connectivity index (χ0v) is 15.1. The van der Waals surface area contributed by atoms with Crippen molar-refractivity contribution in [1.29, 1.82) is 0 Å². The highest BCUT2D eigenvalue weighted by Gasteiger charge is 2.13. The van der Waals surface area contributed by atoms with Crippen molar-refractivity contribution < 1.29 is 4.21 Å². The standard InChI is InChI=1S/C16H20ClN3O2S/c1-5-23(22)19-14-9-11(3)16(21)20(4)15(14)18-13-7-6-10(2)8-12(13)17/h6-9,18-19H,5H2,1-4H3. The van der Waals surface area contributed by atoms with Gasteiger partial charge in [0.2, 0.25) is 0 Å². The molecule has 1 aromatic carbocycles. The van der Waals surface area contributed by atoms with Crippen molar-refractivity contribution in [3.05, 3.63) is 50.8 Å². The zero-order valence-electron chi connectivity index (χ0n) is 13.6. The Kier molecular flexibility index (Phi) is 5.49. The summed E-state index contributed by atoms with van der Waals surface area (Å²) in [5.41, 5.74) is 2.78. The molecule has 1 heterocycles. The highest BCUT2D eigenvalue weighted by molar-refractivity contribution is 7.86. The average molecular weight is 354 g/mol. The van der Waals surface area contributed by atoms with Gasteiger partial charge in [0.05, 0.1) is 16.4 Å². The Morgan fingerprint density at radius 1 is 1.22 bits per heavy atom. The van der Waals surface area contributed by atoms with Crippen LogP contribution in [0.15, 0.2) is 29.1 Å². The maximum absolute atomic E-state index is 12.2. The summed E-state index contributed by atoms with van der Waals surface area (Å²) >= 11 is 6.26. The summed E-state index contributed by atoms with van der Waals surface area (Å²) in [6.45, 7) is 5.50. The van der Waals surface area contributed by atoms with Gasteiger partial charge in [0.15, 0.2) is 0 Å². The fourth-order valence-electron chi connectivity index (χ4n) is 2.17. The van der Waals surface area contributed by atoms with Crippen LogP contribution in [0.3, 0.4) is 0 Å². The van der Waals surface area contributed by atoms with E-state index in [0.29, 0.717) is 33.5 Å². The fourth-order valence-corrected chi connectivity index (χ4v) is 2.99. The molecule has 0 saturated carbocycles. The van der Waals surface area contributed by atoms with Gasteiger partial charge in [-0.25, -0.2) is 4.21 Å². The van der Waals surface area contributed by atoms with Gasteiger partial charge < -0.3 is 10.0 Å². The summed E-state index contributed by atoms with van der Waals surface area (Å²) in [7, 11) is 0.450. The van der Waals surface area contributed by atoms with E-state index in [1.165, 1.54) is 4.57 Å². The third kappa shape index (κ3) is 3.95. The molecule has 124 valence electrons. The molecule has 0 fully saturated rings. The molecule has 0 aliphatic heterocycles. The van der Waals surface area contributed by atoms with Crippen LogP contribution < -0.4 is 15.6 Å². The molecule has 2 rings (SSSR count). The minimum Gasteiger partial charge on any atom is -0.339 e. The quantitative estimate of drug-likeness (QED) is 0.864. The van der Waals surface area contributed by atoms with Crippen LogP contribution in [0.5, 0.6) is 0 Å². The predicted octanol–water partition coefficient (Wildman–Crippen LogP) is 3.49. The zero-order chi connectivity index (χ0) is 17.1. The molecule has 2 N–H and O–H groups in total. The lowest BCUT2D eigenvalue weighted by Crippen LogP contribution is -2.23. The molecule has 1 atom stereocenters. The molecule has 0 aliphatic carbocycles. The lowest BCUT2D eigenvalue weighted by atomic mass is 10.2. The Hall–Kier alpha value is -1.79. The molecule has 7 heteroatoms. The second kappa shape index (κ2) is 7.19. The van der Waals surface area contributed by atoms with E-state index in [1.807, 2.05) is 32.0 Å². The molecule has 0 spiro atoms. The topological polar surface area (TPSA) is 63.1 Å².